The number of hydrogen-bond donors (Lipinski definition) is 1. The summed E-state index contributed by atoms with van der Waals surface area (Å²) in [6.07, 6.45) is 5.47. The van der Waals surface area contributed by atoms with Gasteiger partial charge in [-0.15, -0.1) is 0 Å². The lowest BCUT2D eigenvalue weighted by molar-refractivity contribution is 0.212. The van der Waals surface area contributed by atoms with Crippen LogP contribution in [0.4, 0.5) is 0 Å². The average Bonchev–Trinajstić information content (AvgIpc) is 3.13. The van der Waals surface area contributed by atoms with E-state index in [1.807, 2.05) is 0 Å². The molecular weight excluding hydrogens is 232 g/mol. The second kappa shape index (κ2) is 8.97. The summed E-state index contributed by atoms with van der Waals surface area (Å²) in [5, 5.41) is 3.66. The minimum atomic E-state index is 0.778. The van der Waals surface area contributed by atoms with Gasteiger partial charge in [0.05, 0.1) is 0 Å². The Morgan fingerprint density at radius 3 is 1.89 bits per heavy atom. The molecule has 19 heavy (non-hydrogen) atoms. The molecular formula is C17H36N2. The van der Waals surface area contributed by atoms with Crippen LogP contribution < -0.4 is 5.32 Å². The van der Waals surface area contributed by atoms with Gasteiger partial charge in [-0.1, -0.05) is 34.6 Å². The third-order valence-electron chi connectivity index (χ3n) is 3.95. The zero-order chi connectivity index (χ0) is 14.3. The van der Waals surface area contributed by atoms with Crippen molar-refractivity contribution in [1.29, 1.82) is 0 Å². The van der Waals surface area contributed by atoms with Crippen molar-refractivity contribution in [2.24, 2.45) is 17.8 Å². The lowest BCUT2D eigenvalue weighted by Gasteiger charge is -2.27. The molecule has 0 aromatic rings. The van der Waals surface area contributed by atoms with Gasteiger partial charge in [-0.2, -0.15) is 0 Å². The first-order valence-electron chi connectivity index (χ1n) is 8.43. The molecule has 0 amide bonds. The van der Waals surface area contributed by atoms with Crippen LogP contribution >= 0.6 is 0 Å². The van der Waals surface area contributed by atoms with Gasteiger partial charge in [0.25, 0.3) is 0 Å². The number of rotatable bonds is 11. The van der Waals surface area contributed by atoms with Crippen molar-refractivity contribution in [2.75, 3.05) is 26.2 Å². The summed E-state index contributed by atoms with van der Waals surface area (Å²) in [4.78, 5) is 2.69. The summed E-state index contributed by atoms with van der Waals surface area (Å²) in [7, 11) is 0. The Labute approximate surface area is 121 Å². The molecule has 1 fully saturated rings. The van der Waals surface area contributed by atoms with Gasteiger partial charge in [-0.3, -0.25) is 0 Å². The van der Waals surface area contributed by atoms with Crippen LogP contribution in [-0.4, -0.2) is 37.1 Å². The van der Waals surface area contributed by atoms with Crippen LogP contribution in [0.5, 0.6) is 0 Å². The van der Waals surface area contributed by atoms with Crippen molar-refractivity contribution in [2.45, 2.75) is 66.3 Å². The molecule has 0 saturated heterocycles. The van der Waals surface area contributed by atoms with Gasteiger partial charge < -0.3 is 10.2 Å². The van der Waals surface area contributed by atoms with Gasteiger partial charge in [-0.25, -0.2) is 0 Å². The van der Waals surface area contributed by atoms with E-state index in [1.165, 1.54) is 51.9 Å². The summed E-state index contributed by atoms with van der Waals surface area (Å²) >= 11 is 0. The van der Waals surface area contributed by atoms with Crippen LogP contribution in [0.1, 0.15) is 60.3 Å². The molecule has 0 heterocycles. The molecule has 2 heteroatoms. The normalized spacial score (nSPS) is 17.7. The predicted molar refractivity (Wildman–Crippen MR) is 85.5 cm³/mol. The molecule has 0 aromatic carbocycles. The number of nitrogens with one attached hydrogen (secondary N) is 1. The fourth-order valence-electron chi connectivity index (χ4n) is 2.34. The first kappa shape index (κ1) is 17.0. The molecule has 1 aliphatic carbocycles. The smallest absolute Gasteiger partial charge is 0.00683 e. The maximum Gasteiger partial charge on any atom is 0.00683 e. The van der Waals surface area contributed by atoms with Crippen molar-refractivity contribution in [1.82, 2.24) is 10.2 Å². The Morgan fingerprint density at radius 1 is 0.947 bits per heavy atom. The zero-order valence-corrected chi connectivity index (χ0v) is 13.9. The SMILES string of the molecule is CC(C)CCN(CCC(C)C)CC(C)CNC1CC1. The van der Waals surface area contributed by atoms with E-state index in [2.05, 4.69) is 44.8 Å². The minimum absolute atomic E-state index is 0.778. The van der Waals surface area contributed by atoms with Crippen LogP contribution in [0.15, 0.2) is 0 Å². The highest BCUT2D eigenvalue weighted by atomic mass is 15.1. The number of nitrogens with zero attached hydrogens (tertiary/aromatic N) is 1. The van der Waals surface area contributed by atoms with Crippen molar-refractivity contribution in [3.63, 3.8) is 0 Å². The molecule has 1 atom stereocenters. The van der Waals surface area contributed by atoms with Crippen LogP contribution in [-0.2, 0) is 0 Å². The Hall–Kier alpha value is -0.0800. The lowest BCUT2D eigenvalue weighted by atomic mass is 10.1. The van der Waals surface area contributed by atoms with E-state index in [0.717, 1.165) is 23.8 Å². The van der Waals surface area contributed by atoms with E-state index in [0.29, 0.717) is 0 Å². The van der Waals surface area contributed by atoms with Gasteiger partial charge in [0.15, 0.2) is 0 Å². The molecule has 0 aromatic heterocycles. The molecule has 1 saturated carbocycles. The molecule has 0 aliphatic heterocycles. The van der Waals surface area contributed by atoms with Crippen LogP contribution in [0.3, 0.4) is 0 Å². The Morgan fingerprint density at radius 2 is 1.47 bits per heavy atom. The Kier molecular flexibility index (Phi) is 8.01. The highest BCUT2D eigenvalue weighted by Crippen LogP contribution is 2.19. The maximum absolute atomic E-state index is 3.66. The lowest BCUT2D eigenvalue weighted by Crippen LogP contribution is -2.36. The quantitative estimate of drug-likeness (QED) is 0.613. The van der Waals surface area contributed by atoms with Crippen molar-refractivity contribution >= 4 is 0 Å². The molecule has 1 unspecified atom stereocenters. The van der Waals surface area contributed by atoms with E-state index in [1.54, 1.807) is 0 Å². The summed E-state index contributed by atoms with van der Waals surface area (Å²) < 4.78 is 0. The van der Waals surface area contributed by atoms with E-state index in [-0.39, 0.29) is 0 Å². The predicted octanol–water partition coefficient (Wildman–Crippen LogP) is 3.77. The van der Waals surface area contributed by atoms with Gasteiger partial charge >= 0.3 is 0 Å². The van der Waals surface area contributed by atoms with Crippen LogP contribution in [0, 0.1) is 17.8 Å². The minimum Gasteiger partial charge on any atom is -0.314 e. The third kappa shape index (κ3) is 9.45. The van der Waals surface area contributed by atoms with Gasteiger partial charge in [0.2, 0.25) is 0 Å². The summed E-state index contributed by atoms with van der Waals surface area (Å²) in [5.74, 6) is 2.42. The first-order valence-corrected chi connectivity index (χ1v) is 8.43. The van der Waals surface area contributed by atoms with Gasteiger partial charge in [-0.05, 0) is 63.1 Å². The molecule has 0 spiro atoms. The fraction of sp³-hybridized carbons (Fsp3) is 1.00. The Balaban J connectivity index is 2.23. The topological polar surface area (TPSA) is 15.3 Å². The average molecular weight is 268 g/mol. The largest absolute Gasteiger partial charge is 0.314 e. The first-order chi connectivity index (χ1) is 8.97. The molecule has 1 aliphatic rings. The number of hydrogen-bond acceptors (Lipinski definition) is 2. The van der Waals surface area contributed by atoms with Gasteiger partial charge in [0, 0.05) is 12.6 Å². The van der Waals surface area contributed by atoms with Crippen molar-refractivity contribution in [3.05, 3.63) is 0 Å². The molecule has 1 N–H and O–H groups in total. The summed E-state index contributed by atoms with van der Waals surface area (Å²) in [6, 6.07) is 0.849. The highest BCUT2D eigenvalue weighted by Gasteiger charge is 2.21. The van der Waals surface area contributed by atoms with E-state index < -0.39 is 0 Å². The summed E-state index contributed by atoms with van der Waals surface area (Å²) in [6.45, 7) is 16.7. The van der Waals surface area contributed by atoms with Crippen molar-refractivity contribution < 1.29 is 0 Å². The fourth-order valence-corrected chi connectivity index (χ4v) is 2.34. The van der Waals surface area contributed by atoms with Gasteiger partial charge in [0.1, 0.15) is 0 Å². The molecule has 0 bridgehead atoms. The maximum atomic E-state index is 3.66. The highest BCUT2D eigenvalue weighted by molar-refractivity contribution is 4.81. The molecule has 114 valence electrons. The van der Waals surface area contributed by atoms with E-state index >= 15 is 0 Å². The third-order valence-corrected chi connectivity index (χ3v) is 3.95. The van der Waals surface area contributed by atoms with E-state index in [9.17, 15) is 0 Å². The van der Waals surface area contributed by atoms with Crippen LogP contribution in [0.25, 0.3) is 0 Å². The van der Waals surface area contributed by atoms with E-state index in [4.69, 9.17) is 0 Å². The molecule has 1 rings (SSSR count). The standard InChI is InChI=1S/C17H36N2/c1-14(2)8-10-19(11-9-15(3)4)13-16(5)12-18-17-6-7-17/h14-18H,6-13H2,1-5H3. The Bertz CT molecular complexity index is 209. The second-order valence-electron chi connectivity index (χ2n) is 7.45. The monoisotopic (exact) mass is 268 g/mol. The summed E-state index contributed by atoms with van der Waals surface area (Å²) in [5.41, 5.74) is 0. The molecule has 0 radical (unpaired) electrons. The zero-order valence-electron chi connectivity index (χ0n) is 13.9. The molecule has 2 nitrogen and oxygen atoms in total. The van der Waals surface area contributed by atoms with Crippen molar-refractivity contribution in [3.8, 4) is 0 Å². The second-order valence-corrected chi connectivity index (χ2v) is 7.45. The van der Waals surface area contributed by atoms with Crippen LogP contribution in [0.2, 0.25) is 0 Å².